The Morgan fingerprint density at radius 1 is 1.41 bits per heavy atom. The molecule has 0 spiro atoms. The van der Waals surface area contributed by atoms with E-state index in [1.165, 1.54) is 12.4 Å². The van der Waals surface area contributed by atoms with Gasteiger partial charge >= 0.3 is 0 Å². The second-order valence-corrected chi connectivity index (χ2v) is 4.33. The molecule has 0 bridgehead atoms. The Labute approximate surface area is 101 Å². The smallest absolute Gasteiger partial charge is 0.274 e. The first-order valence-electron chi connectivity index (χ1n) is 5.53. The van der Waals surface area contributed by atoms with Crippen LogP contribution < -0.4 is 11.3 Å². The number of nitrogens with two attached hydrogens (primary N) is 1. The average molecular weight is 237 g/mol. The maximum absolute atomic E-state index is 12.1. The molecule has 17 heavy (non-hydrogen) atoms. The van der Waals surface area contributed by atoms with Gasteiger partial charge in [-0.2, -0.15) is 0 Å². The number of hydrazine groups is 1. The van der Waals surface area contributed by atoms with Crippen molar-refractivity contribution in [2.45, 2.75) is 26.8 Å². The van der Waals surface area contributed by atoms with Gasteiger partial charge in [-0.1, -0.05) is 13.8 Å². The third-order valence-corrected chi connectivity index (χ3v) is 2.90. The van der Waals surface area contributed by atoms with E-state index in [1.54, 1.807) is 11.9 Å². The van der Waals surface area contributed by atoms with E-state index in [4.69, 9.17) is 5.84 Å². The third-order valence-electron chi connectivity index (χ3n) is 2.90. The Bertz CT molecular complexity index is 393. The van der Waals surface area contributed by atoms with Gasteiger partial charge in [0.1, 0.15) is 5.69 Å². The van der Waals surface area contributed by atoms with E-state index >= 15 is 0 Å². The van der Waals surface area contributed by atoms with Gasteiger partial charge in [0, 0.05) is 13.1 Å². The fraction of sp³-hybridized carbons (Fsp3) is 0.545. The molecule has 0 fully saturated rings. The number of nitrogen functional groups attached to an aromatic ring is 1. The van der Waals surface area contributed by atoms with Crippen molar-refractivity contribution in [3.63, 3.8) is 0 Å². The topological polar surface area (TPSA) is 84.1 Å². The molecule has 1 unspecified atom stereocenters. The van der Waals surface area contributed by atoms with Crippen molar-refractivity contribution < 1.29 is 4.79 Å². The lowest BCUT2D eigenvalue weighted by molar-refractivity contribution is 0.0701. The number of carbonyl (C=O) groups excluding carboxylic acids is 1. The van der Waals surface area contributed by atoms with Crippen LogP contribution in [0.25, 0.3) is 0 Å². The third kappa shape index (κ3) is 3.13. The number of amides is 1. The van der Waals surface area contributed by atoms with Gasteiger partial charge in [-0.15, -0.1) is 0 Å². The summed E-state index contributed by atoms with van der Waals surface area (Å²) < 4.78 is 0. The van der Waals surface area contributed by atoms with Crippen molar-refractivity contribution in [2.24, 2.45) is 11.8 Å². The van der Waals surface area contributed by atoms with E-state index in [2.05, 4.69) is 29.2 Å². The molecule has 0 saturated carbocycles. The summed E-state index contributed by atoms with van der Waals surface area (Å²) in [4.78, 5) is 21.7. The van der Waals surface area contributed by atoms with E-state index in [-0.39, 0.29) is 17.6 Å². The molecular formula is C11H19N5O. The molecular weight excluding hydrogens is 218 g/mol. The highest BCUT2D eigenvalue weighted by Crippen LogP contribution is 2.11. The maximum Gasteiger partial charge on any atom is 0.274 e. The fourth-order valence-corrected chi connectivity index (χ4v) is 1.35. The lowest BCUT2D eigenvalue weighted by Crippen LogP contribution is -2.38. The Morgan fingerprint density at radius 2 is 2.06 bits per heavy atom. The van der Waals surface area contributed by atoms with Gasteiger partial charge in [0.2, 0.25) is 0 Å². The normalized spacial score (nSPS) is 12.4. The van der Waals surface area contributed by atoms with Gasteiger partial charge in [0.15, 0.2) is 5.82 Å². The molecule has 0 radical (unpaired) electrons. The van der Waals surface area contributed by atoms with Crippen molar-refractivity contribution in [2.75, 3.05) is 12.5 Å². The van der Waals surface area contributed by atoms with Crippen molar-refractivity contribution in [1.82, 2.24) is 14.9 Å². The molecule has 6 nitrogen and oxygen atoms in total. The first-order valence-corrected chi connectivity index (χ1v) is 5.53. The van der Waals surface area contributed by atoms with Gasteiger partial charge in [0.25, 0.3) is 5.91 Å². The Hall–Kier alpha value is -1.69. The predicted molar refractivity (Wildman–Crippen MR) is 66.2 cm³/mol. The van der Waals surface area contributed by atoms with Crippen molar-refractivity contribution in [1.29, 1.82) is 0 Å². The minimum atomic E-state index is -0.157. The summed E-state index contributed by atoms with van der Waals surface area (Å²) in [6, 6.07) is 0.138. The van der Waals surface area contributed by atoms with Crippen LogP contribution in [0.4, 0.5) is 5.82 Å². The number of hydrogen-bond donors (Lipinski definition) is 2. The van der Waals surface area contributed by atoms with Crippen LogP contribution >= 0.6 is 0 Å². The lowest BCUT2D eigenvalue weighted by Gasteiger charge is -2.27. The van der Waals surface area contributed by atoms with Crippen molar-refractivity contribution in [3.8, 4) is 0 Å². The molecule has 1 heterocycles. The molecule has 0 saturated heterocycles. The molecule has 1 amide bonds. The number of hydrogen-bond acceptors (Lipinski definition) is 5. The van der Waals surface area contributed by atoms with Gasteiger partial charge < -0.3 is 10.3 Å². The zero-order chi connectivity index (χ0) is 13.0. The molecule has 1 aromatic rings. The zero-order valence-corrected chi connectivity index (χ0v) is 10.6. The van der Waals surface area contributed by atoms with E-state index in [1.807, 2.05) is 6.92 Å². The first-order chi connectivity index (χ1) is 7.97. The summed E-state index contributed by atoms with van der Waals surface area (Å²) in [6.45, 7) is 6.14. The fourth-order valence-electron chi connectivity index (χ4n) is 1.35. The molecule has 1 atom stereocenters. The molecule has 3 N–H and O–H groups in total. The average Bonchev–Trinajstić information content (AvgIpc) is 2.36. The van der Waals surface area contributed by atoms with Gasteiger partial charge in [-0.3, -0.25) is 9.78 Å². The lowest BCUT2D eigenvalue weighted by atomic mass is 10.1. The minimum absolute atomic E-state index is 0.138. The van der Waals surface area contributed by atoms with E-state index in [0.29, 0.717) is 11.7 Å². The molecule has 94 valence electrons. The molecule has 0 aromatic carbocycles. The van der Waals surface area contributed by atoms with Gasteiger partial charge in [0.05, 0.1) is 12.4 Å². The monoisotopic (exact) mass is 237 g/mol. The van der Waals surface area contributed by atoms with Crippen LogP contribution in [0.5, 0.6) is 0 Å². The van der Waals surface area contributed by atoms with Crippen LogP contribution in [0.15, 0.2) is 12.4 Å². The largest absolute Gasteiger partial charge is 0.337 e. The molecule has 0 aliphatic carbocycles. The van der Waals surface area contributed by atoms with E-state index in [9.17, 15) is 4.79 Å². The Balaban J connectivity index is 2.88. The summed E-state index contributed by atoms with van der Waals surface area (Å²) in [5, 5.41) is 0. The van der Waals surface area contributed by atoms with Crippen LogP contribution in [0.2, 0.25) is 0 Å². The van der Waals surface area contributed by atoms with Crippen LogP contribution in [0.1, 0.15) is 31.3 Å². The maximum atomic E-state index is 12.1. The number of nitrogens with one attached hydrogen (secondary N) is 1. The predicted octanol–water partition coefficient (Wildman–Crippen LogP) is 0.879. The van der Waals surface area contributed by atoms with Crippen LogP contribution in [-0.4, -0.2) is 33.9 Å². The standard InChI is InChI=1S/C11H19N5O/c1-7(2)8(3)16(4)11(17)9-5-13-6-10(14-9)15-12/h5-8H,12H2,1-4H3,(H,14,15). The summed E-state index contributed by atoms with van der Waals surface area (Å²) in [6.07, 6.45) is 2.90. The minimum Gasteiger partial charge on any atom is -0.337 e. The number of rotatable bonds is 4. The molecule has 0 aliphatic rings. The Morgan fingerprint density at radius 3 is 2.59 bits per heavy atom. The SMILES string of the molecule is CC(C)C(C)N(C)C(=O)c1cncc(NN)n1. The van der Waals surface area contributed by atoms with Crippen LogP contribution in [0.3, 0.4) is 0 Å². The molecule has 1 aromatic heterocycles. The van der Waals surface area contributed by atoms with Gasteiger partial charge in [-0.05, 0) is 12.8 Å². The zero-order valence-electron chi connectivity index (χ0n) is 10.6. The van der Waals surface area contributed by atoms with Crippen LogP contribution in [-0.2, 0) is 0 Å². The quantitative estimate of drug-likeness (QED) is 0.600. The summed E-state index contributed by atoms with van der Waals surface area (Å²) in [5.41, 5.74) is 2.66. The second kappa shape index (κ2) is 5.58. The highest BCUT2D eigenvalue weighted by molar-refractivity contribution is 5.92. The molecule has 0 aliphatic heterocycles. The second-order valence-electron chi connectivity index (χ2n) is 4.33. The number of aromatic nitrogens is 2. The molecule has 6 heteroatoms. The summed E-state index contributed by atoms with van der Waals surface area (Å²) >= 11 is 0. The number of anilines is 1. The number of nitrogens with zero attached hydrogens (tertiary/aromatic N) is 3. The van der Waals surface area contributed by atoms with Crippen molar-refractivity contribution in [3.05, 3.63) is 18.1 Å². The van der Waals surface area contributed by atoms with E-state index < -0.39 is 0 Å². The Kier molecular flexibility index (Phi) is 4.39. The highest BCUT2D eigenvalue weighted by atomic mass is 16.2. The summed E-state index contributed by atoms with van der Waals surface area (Å²) in [7, 11) is 1.76. The summed E-state index contributed by atoms with van der Waals surface area (Å²) in [5.74, 6) is 5.83. The van der Waals surface area contributed by atoms with Crippen molar-refractivity contribution >= 4 is 11.7 Å². The molecule has 1 rings (SSSR count). The van der Waals surface area contributed by atoms with Gasteiger partial charge in [-0.25, -0.2) is 10.8 Å². The van der Waals surface area contributed by atoms with Crippen LogP contribution in [0, 0.1) is 5.92 Å². The van der Waals surface area contributed by atoms with E-state index in [0.717, 1.165) is 0 Å². The first kappa shape index (κ1) is 13.4. The number of carbonyl (C=O) groups is 1. The highest BCUT2D eigenvalue weighted by Gasteiger charge is 2.21.